The Labute approximate surface area is 271 Å². The van der Waals surface area contributed by atoms with Gasteiger partial charge in [0.1, 0.15) is 22.9 Å². The number of phenolic OH excluding ortho intramolecular Hbond substituents is 2. The van der Waals surface area contributed by atoms with Gasteiger partial charge in [0.05, 0.1) is 11.4 Å². The monoisotopic (exact) mass is 620 g/mol. The van der Waals surface area contributed by atoms with Crippen molar-refractivity contribution < 1.29 is 10.2 Å². The molecule has 10 heteroatoms. The fourth-order valence-electron chi connectivity index (χ4n) is 5.67. The molecular weight excluding hydrogens is 576 g/mol. The molecule has 1 heterocycles. The van der Waals surface area contributed by atoms with Gasteiger partial charge >= 0.3 is 0 Å². The van der Waals surface area contributed by atoms with Gasteiger partial charge in [0.25, 0.3) is 0 Å². The van der Waals surface area contributed by atoms with Crippen LogP contribution in [0.15, 0.2) is 105 Å². The van der Waals surface area contributed by atoms with Crippen molar-refractivity contribution in [1.82, 2.24) is 0 Å². The third kappa shape index (κ3) is 7.74. The molecule has 0 radical (unpaired) electrons. The smallest absolute Gasteiger partial charge is 0.145 e. The van der Waals surface area contributed by atoms with Crippen molar-refractivity contribution in [2.45, 2.75) is 27.7 Å². The molecule has 0 atom stereocenters. The summed E-state index contributed by atoms with van der Waals surface area (Å²) in [6.45, 7) is 15.5. The average molecular weight is 621 g/mol. The molecule has 0 saturated carbocycles. The van der Waals surface area contributed by atoms with Gasteiger partial charge in [0.2, 0.25) is 0 Å². The van der Waals surface area contributed by atoms with Crippen LogP contribution in [0.5, 0.6) is 11.5 Å². The SMILES string of the molecule is CCN(CC)c1ccc(N=Nc2ccc(N3CCN(c4ccc(N=Nc5ccc(N(CC)CC)cc5O)cc4)CC3)cc2)c(O)c1. The van der Waals surface area contributed by atoms with E-state index in [1.54, 1.807) is 24.3 Å². The number of rotatable bonds is 12. The first kappa shape index (κ1) is 32.3. The zero-order valence-electron chi connectivity index (χ0n) is 27.2. The molecule has 0 aromatic heterocycles. The van der Waals surface area contributed by atoms with Crippen molar-refractivity contribution in [2.24, 2.45) is 20.5 Å². The summed E-state index contributed by atoms with van der Waals surface area (Å²) in [7, 11) is 0. The fourth-order valence-corrected chi connectivity index (χ4v) is 5.67. The topological polar surface area (TPSA) is 103 Å². The Morgan fingerprint density at radius 2 is 0.848 bits per heavy atom. The number of phenols is 2. The lowest BCUT2D eigenvalue weighted by atomic mass is 10.2. The van der Waals surface area contributed by atoms with E-state index in [0.717, 1.165) is 86.5 Å². The van der Waals surface area contributed by atoms with E-state index in [1.165, 1.54) is 0 Å². The summed E-state index contributed by atoms with van der Waals surface area (Å²) in [5, 5.41) is 38.1. The van der Waals surface area contributed by atoms with E-state index in [9.17, 15) is 10.2 Å². The van der Waals surface area contributed by atoms with Gasteiger partial charge in [-0.05, 0) is 100 Å². The molecule has 0 aliphatic carbocycles. The van der Waals surface area contributed by atoms with Gasteiger partial charge in [0.15, 0.2) is 0 Å². The molecule has 4 aromatic rings. The van der Waals surface area contributed by atoms with Gasteiger partial charge < -0.3 is 29.8 Å². The summed E-state index contributed by atoms with van der Waals surface area (Å²) in [4.78, 5) is 9.09. The molecule has 2 N–H and O–H groups in total. The second kappa shape index (κ2) is 15.2. The predicted molar refractivity (Wildman–Crippen MR) is 189 cm³/mol. The Kier molecular flexibility index (Phi) is 10.7. The van der Waals surface area contributed by atoms with Crippen molar-refractivity contribution in [3.63, 3.8) is 0 Å². The molecule has 0 unspecified atom stereocenters. The van der Waals surface area contributed by atoms with E-state index in [-0.39, 0.29) is 11.5 Å². The lowest BCUT2D eigenvalue weighted by molar-refractivity contribution is 0.476. The van der Waals surface area contributed by atoms with Crippen LogP contribution in [0, 0.1) is 0 Å². The first-order valence-electron chi connectivity index (χ1n) is 16.1. The molecule has 4 aromatic carbocycles. The molecule has 0 amide bonds. The Hall–Kier alpha value is -5.12. The first-order chi connectivity index (χ1) is 22.4. The number of hydrogen-bond acceptors (Lipinski definition) is 10. The molecule has 5 rings (SSSR count). The number of aromatic hydroxyl groups is 2. The Morgan fingerprint density at radius 1 is 0.500 bits per heavy atom. The largest absolute Gasteiger partial charge is 0.506 e. The van der Waals surface area contributed by atoms with Crippen LogP contribution in [0.25, 0.3) is 0 Å². The zero-order chi connectivity index (χ0) is 32.5. The molecule has 1 aliphatic heterocycles. The minimum absolute atomic E-state index is 0.124. The van der Waals surface area contributed by atoms with Crippen LogP contribution in [-0.2, 0) is 0 Å². The van der Waals surface area contributed by atoms with Gasteiger partial charge in [-0.25, -0.2) is 0 Å². The summed E-state index contributed by atoms with van der Waals surface area (Å²) in [5.41, 5.74) is 6.61. The molecule has 0 spiro atoms. The normalized spacial score (nSPS) is 13.6. The number of nitrogens with zero attached hydrogens (tertiary/aromatic N) is 8. The highest BCUT2D eigenvalue weighted by atomic mass is 16.3. The first-order valence-corrected chi connectivity index (χ1v) is 16.1. The maximum Gasteiger partial charge on any atom is 0.145 e. The Bertz CT molecular complexity index is 1500. The molecular formula is C36H44N8O2. The predicted octanol–water partition coefficient (Wildman–Crippen LogP) is 8.95. The van der Waals surface area contributed by atoms with E-state index in [4.69, 9.17) is 0 Å². The van der Waals surface area contributed by atoms with E-state index in [0.29, 0.717) is 11.4 Å². The highest BCUT2D eigenvalue weighted by molar-refractivity contribution is 5.63. The van der Waals surface area contributed by atoms with Crippen LogP contribution in [0.1, 0.15) is 27.7 Å². The van der Waals surface area contributed by atoms with Gasteiger partial charge in [-0.1, -0.05) is 0 Å². The molecule has 46 heavy (non-hydrogen) atoms. The van der Waals surface area contributed by atoms with Crippen LogP contribution < -0.4 is 19.6 Å². The van der Waals surface area contributed by atoms with Crippen molar-refractivity contribution in [2.75, 3.05) is 72.0 Å². The van der Waals surface area contributed by atoms with Crippen molar-refractivity contribution in [3.8, 4) is 11.5 Å². The second-order valence-corrected chi connectivity index (χ2v) is 11.1. The quantitative estimate of drug-likeness (QED) is 0.153. The minimum Gasteiger partial charge on any atom is -0.506 e. The van der Waals surface area contributed by atoms with Crippen LogP contribution in [0.2, 0.25) is 0 Å². The number of benzene rings is 4. The molecule has 1 saturated heterocycles. The van der Waals surface area contributed by atoms with Crippen LogP contribution in [-0.4, -0.2) is 62.6 Å². The van der Waals surface area contributed by atoms with E-state index in [2.05, 4.69) is 92.0 Å². The van der Waals surface area contributed by atoms with Crippen LogP contribution >= 0.6 is 0 Å². The molecule has 1 aliphatic rings. The Balaban J connectivity index is 1.13. The summed E-state index contributed by atoms with van der Waals surface area (Å²) in [5.74, 6) is 0.248. The summed E-state index contributed by atoms with van der Waals surface area (Å²) >= 11 is 0. The second-order valence-electron chi connectivity index (χ2n) is 11.1. The minimum atomic E-state index is 0.124. The van der Waals surface area contributed by atoms with Crippen LogP contribution in [0.4, 0.5) is 45.5 Å². The number of hydrogen-bond donors (Lipinski definition) is 2. The van der Waals surface area contributed by atoms with Gasteiger partial charge in [-0.15, -0.1) is 10.2 Å². The zero-order valence-corrected chi connectivity index (χ0v) is 27.2. The average Bonchev–Trinajstić information content (AvgIpc) is 3.09. The molecule has 10 nitrogen and oxygen atoms in total. The van der Waals surface area contributed by atoms with Gasteiger partial charge in [-0.2, -0.15) is 10.2 Å². The highest BCUT2D eigenvalue weighted by Crippen LogP contribution is 2.34. The lowest BCUT2D eigenvalue weighted by Crippen LogP contribution is -2.46. The van der Waals surface area contributed by atoms with E-state index >= 15 is 0 Å². The maximum atomic E-state index is 10.4. The molecule has 0 bridgehead atoms. The van der Waals surface area contributed by atoms with Crippen molar-refractivity contribution >= 4 is 45.5 Å². The number of azo groups is 2. The highest BCUT2D eigenvalue weighted by Gasteiger charge is 2.18. The van der Waals surface area contributed by atoms with Crippen LogP contribution in [0.3, 0.4) is 0 Å². The van der Waals surface area contributed by atoms with Crippen molar-refractivity contribution in [1.29, 1.82) is 0 Å². The van der Waals surface area contributed by atoms with E-state index in [1.807, 2.05) is 36.4 Å². The van der Waals surface area contributed by atoms with Gasteiger partial charge in [0, 0.05) is 87.2 Å². The number of anilines is 4. The summed E-state index contributed by atoms with van der Waals surface area (Å²) < 4.78 is 0. The maximum absolute atomic E-state index is 10.4. The third-order valence-electron chi connectivity index (χ3n) is 8.43. The van der Waals surface area contributed by atoms with Gasteiger partial charge in [-0.3, -0.25) is 0 Å². The third-order valence-corrected chi connectivity index (χ3v) is 8.43. The molecule has 1 fully saturated rings. The fraction of sp³-hybridized carbons (Fsp3) is 0.333. The number of piperazine rings is 1. The van der Waals surface area contributed by atoms with Crippen molar-refractivity contribution in [3.05, 3.63) is 84.9 Å². The summed E-state index contributed by atoms with van der Waals surface area (Å²) in [6, 6.07) is 27.1. The summed E-state index contributed by atoms with van der Waals surface area (Å²) in [6.07, 6.45) is 0. The van der Waals surface area contributed by atoms with E-state index < -0.39 is 0 Å². The standard InChI is InChI=1S/C36H44N8O2/c1-5-41(6-2)31-17-19-33(35(45)25-31)39-37-27-9-13-29(14-10-27)43-21-23-44(24-22-43)30-15-11-28(12-16-30)38-40-34-20-18-32(26-36(34)46)42(7-3)8-4/h9-20,25-26,45-46H,5-8,21-24H2,1-4H3. The lowest BCUT2D eigenvalue weighted by Gasteiger charge is -2.37. The Morgan fingerprint density at radius 3 is 1.15 bits per heavy atom. The molecule has 240 valence electrons.